The Hall–Kier alpha value is -1.10. The molecule has 0 aromatic rings. The number of hydrogen-bond donors (Lipinski definition) is 0. The van der Waals surface area contributed by atoms with Crippen LogP contribution in [0.25, 0.3) is 0 Å². The summed E-state index contributed by atoms with van der Waals surface area (Å²) < 4.78 is 0. The molecule has 0 amide bonds. The molecule has 0 fully saturated rings. The average molecular weight is 209 g/mol. The van der Waals surface area contributed by atoms with Gasteiger partial charge in [0, 0.05) is 0 Å². The molecule has 0 aromatic heterocycles. The molecule has 0 aliphatic heterocycles. The van der Waals surface area contributed by atoms with Crippen LogP contribution in [0.1, 0.15) is 19.3 Å². The molecule has 0 aliphatic carbocycles. The Bertz CT molecular complexity index is 234. The van der Waals surface area contributed by atoms with Crippen molar-refractivity contribution in [3.05, 3.63) is 0 Å². The third-order valence-corrected chi connectivity index (χ3v) is 6.89. The zero-order valence-corrected chi connectivity index (χ0v) is 9.58. The quantitative estimate of drug-likeness (QED) is 0.629. The van der Waals surface area contributed by atoms with Crippen LogP contribution in [0.5, 0.6) is 0 Å². The minimum atomic E-state index is -1.48. The van der Waals surface area contributed by atoms with E-state index in [-0.39, 0.29) is 0 Å². The van der Waals surface area contributed by atoms with E-state index in [0.29, 0.717) is 19.3 Å². The fourth-order valence-electron chi connectivity index (χ4n) is 1.45. The Morgan fingerprint density at radius 1 is 0.786 bits per heavy atom. The Kier molecular flexibility index (Phi) is 6.74. The third kappa shape index (κ3) is 5.53. The van der Waals surface area contributed by atoms with Crippen molar-refractivity contribution in [2.45, 2.75) is 19.3 Å². The maximum absolute atomic E-state index is 8.52. The van der Waals surface area contributed by atoms with Crippen LogP contribution < -0.4 is 0 Å². The van der Waals surface area contributed by atoms with Crippen LogP contribution in [0.15, 0.2) is 0 Å². The molecule has 14 heavy (non-hydrogen) atoms. The normalized spacial score (nSPS) is 11.0. The van der Waals surface area contributed by atoms with Crippen molar-refractivity contribution < 1.29 is 0 Å². The second-order valence-corrected chi connectivity index (χ2v) is 8.91. The number of nitrogens with zero attached hydrogens (tertiary/aromatic N) is 3. The summed E-state index contributed by atoms with van der Waals surface area (Å²) in [6.45, 7) is 2.19. The van der Waals surface area contributed by atoms with E-state index in [1.165, 1.54) is 0 Å². The van der Waals surface area contributed by atoms with E-state index >= 15 is 0 Å². The first-order chi connectivity index (χ1) is 6.68. The third-order valence-electron chi connectivity index (χ3n) is 2.52. The van der Waals surface area contributed by atoms with Crippen molar-refractivity contribution in [2.24, 2.45) is 0 Å². The predicted molar refractivity (Wildman–Crippen MR) is 59.5 cm³/mol. The summed E-state index contributed by atoms with van der Waals surface area (Å²) in [6, 6.07) is 6.44. The monoisotopic (exact) mass is 209 g/mol. The molecule has 0 saturated heterocycles. The van der Waals surface area contributed by atoms with Gasteiger partial charge in [0.1, 0.15) is 0 Å². The molecule has 4 heteroatoms. The van der Waals surface area contributed by atoms with Crippen molar-refractivity contribution in [3.8, 4) is 18.2 Å². The number of rotatable bonds is 6. The first-order valence-corrected chi connectivity index (χ1v) is 7.91. The van der Waals surface area contributed by atoms with E-state index in [1.54, 1.807) is 0 Å². The molecule has 0 N–H and O–H groups in total. The topological polar surface area (TPSA) is 71.4 Å². The molecule has 76 valence electrons. The van der Waals surface area contributed by atoms with Gasteiger partial charge in [-0.25, -0.2) is 0 Å². The van der Waals surface area contributed by atoms with Crippen LogP contribution in [-0.4, -0.2) is 25.2 Å². The first-order valence-electron chi connectivity index (χ1n) is 4.79. The van der Waals surface area contributed by atoms with Gasteiger partial charge < -0.3 is 0 Å². The van der Waals surface area contributed by atoms with E-state index in [1.807, 2.05) is 0 Å². The summed E-state index contributed by atoms with van der Waals surface area (Å²) in [7, 11) is -1.48. The Morgan fingerprint density at radius 3 is 1.29 bits per heavy atom. The predicted octanol–water partition coefficient (Wildman–Crippen LogP) is 2.11. The van der Waals surface area contributed by atoms with Crippen molar-refractivity contribution in [1.29, 1.82) is 15.8 Å². The van der Waals surface area contributed by atoms with Crippen LogP contribution in [0.2, 0.25) is 0 Å². The van der Waals surface area contributed by atoms with Gasteiger partial charge in [0.25, 0.3) is 0 Å². The molecule has 0 aromatic carbocycles. The molecule has 0 bridgehead atoms. The zero-order valence-electron chi connectivity index (χ0n) is 8.58. The average Bonchev–Trinajstić information content (AvgIpc) is 2.21. The second-order valence-electron chi connectivity index (χ2n) is 3.79. The van der Waals surface area contributed by atoms with Crippen LogP contribution in [-0.2, 0) is 0 Å². The zero-order chi connectivity index (χ0) is 10.9. The van der Waals surface area contributed by atoms with Gasteiger partial charge in [-0.05, 0) is 0 Å². The standard InChI is InChI=1S/C10H16N3P/c1-14(8-2-5-11,9-3-6-12)10-4-7-13/h14H,2-4,8-10H2,1H3. The van der Waals surface area contributed by atoms with Crippen LogP contribution in [0.3, 0.4) is 0 Å². The molecule has 0 rings (SSSR count). The molecule has 0 saturated carbocycles. The van der Waals surface area contributed by atoms with Gasteiger partial charge in [0.15, 0.2) is 0 Å². The molecule has 0 radical (unpaired) electrons. The number of nitriles is 3. The summed E-state index contributed by atoms with van der Waals surface area (Å²) in [4.78, 5) is 0. The van der Waals surface area contributed by atoms with Crippen molar-refractivity contribution in [2.75, 3.05) is 25.2 Å². The van der Waals surface area contributed by atoms with Crippen LogP contribution in [0.4, 0.5) is 0 Å². The van der Waals surface area contributed by atoms with Crippen molar-refractivity contribution >= 4 is 7.26 Å². The van der Waals surface area contributed by atoms with Crippen LogP contribution >= 0.6 is 7.26 Å². The van der Waals surface area contributed by atoms with E-state index < -0.39 is 7.26 Å². The SMILES string of the molecule is C[PH](CCC#N)(CCC#N)CCC#N. The van der Waals surface area contributed by atoms with Gasteiger partial charge in [-0.1, -0.05) is 0 Å². The van der Waals surface area contributed by atoms with E-state index in [0.717, 1.165) is 18.5 Å². The van der Waals surface area contributed by atoms with Crippen LogP contribution in [0, 0.1) is 34.0 Å². The van der Waals surface area contributed by atoms with Gasteiger partial charge in [-0.15, -0.1) is 0 Å². The van der Waals surface area contributed by atoms with Gasteiger partial charge in [-0.2, -0.15) is 0 Å². The Labute approximate surface area is 86.3 Å². The summed E-state index contributed by atoms with van der Waals surface area (Å²) in [5.41, 5.74) is 0. The van der Waals surface area contributed by atoms with Crippen molar-refractivity contribution in [3.63, 3.8) is 0 Å². The molecule has 0 spiro atoms. The van der Waals surface area contributed by atoms with Gasteiger partial charge in [0.2, 0.25) is 0 Å². The van der Waals surface area contributed by atoms with Gasteiger partial charge in [-0.3, -0.25) is 0 Å². The molecule has 0 unspecified atom stereocenters. The van der Waals surface area contributed by atoms with E-state index in [4.69, 9.17) is 15.8 Å². The fourth-order valence-corrected chi connectivity index (χ4v) is 4.34. The van der Waals surface area contributed by atoms with E-state index in [9.17, 15) is 0 Å². The Balaban J connectivity index is 4.13. The second kappa shape index (κ2) is 7.32. The van der Waals surface area contributed by atoms with E-state index in [2.05, 4.69) is 24.9 Å². The molecule has 0 aliphatic rings. The number of hydrogen-bond acceptors (Lipinski definition) is 3. The van der Waals surface area contributed by atoms with Gasteiger partial charge >= 0.3 is 85.7 Å². The summed E-state index contributed by atoms with van der Waals surface area (Å²) in [6.07, 6.45) is 4.48. The minimum absolute atomic E-state index is 0.569. The maximum atomic E-state index is 8.52. The summed E-state index contributed by atoms with van der Waals surface area (Å²) in [5.74, 6) is 0. The molecular formula is C10H16N3P. The summed E-state index contributed by atoms with van der Waals surface area (Å²) >= 11 is 0. The Morgan fingerprint density at radius 2 is 1.07 bits per heavy atom. The first kappa shape index (κ1) is 12.9. The molecule has 0 heterocycles. The van der Waals surface area contributed by atoms with Gasteiger partial charge in [0.05, 0.1) is 0 Å². The fraction of sp³-hybridized carbons (Fsp3) is 0.700. The summed E-state index contributed by atoms with van der Waals surface area (Å²) in [5, 5.41) is 25.6. The molecule has 0 atom stereocenters. The van der Waals surface area contributed by atoms with Crippen molar-refractivity contribution in [1.82, 2.24) is 0 Å². The molecule has 3 nitrogen and oxygen atoms in total. The molecular weight excluding hydrogens is 193 g/mol.